The van der Waals surface area contributed by atoms with Crippen LogP contribution in [0.2, 0.25) is 0 Å². The summed E-state index contributed by atoms with van der Waals surface area (Å²) in [5.74, 6) is 0.436. The maximum Gasteiger partial charge on any atom is 0.134 e. The Morgan fingerprint density at radius 2 is 2.13 bits per heavy atom. The number of Topliss-reactive ketones (excluding diaryl/α,β-unsaturated/α-hetero) is 1. The van der Waals surface area contributed by atoms with Gasteiger partial charge in [-0.25, -0.2) is 0 Å². The molecule has 0 aromatic carbocycles. The Kier molecular flexibility index (Phi) is 3.73. The van der Waals surface area contributed by atoms with Crippen LogP contribution in [-0.2, 0) is 4.79 Å². The van der Waals surface area contributed by atoms with Crippen molar-refractivity contribution in [2.24, 2.45) is 0 Å². The predicted octanol–water partition coefficient (Wildman–Crippen LogP) is 2.32. The van der Waals surface area contributed by atoms with E-state index in [1.807, 2.05) is 0 Å². The van der Waals surface area contributed by atoms with Crippen LogP contribution < -0.4 is 0 Å². The van der Waals surface area contributed by atoms with Gasteiger partial charge in [-0.15, -0.1) is 0 Å². The van der Waals surface area contributed by atoms with E-state index in [0.29, 0.717) is 5.78 Å². The number of nitrogens with zero attached hydrogens (tertiary/aromatic N) is 1. The highest BCUT2D eigenvalue weighted by atomic mass is 16.1. The monoisotopic (exact) mass is 205 g/mol. The average molecular weight is 205 g/mol. The molecule has 2 nitrogen and oxygen atoms in total. The summed E-state index contributed by atoms with van der Waals surface area (Å²) < 4.78 is 0. The number of hydrogen-bond acceptors (Lipinski definition) is 2. The second kappa shape index (κ2) is 5.26. The second-order valence-electron chi connectivity index (χ2n) is 4.43. The molecule has 0 unspecified atom stereocenters. The maximum absolute atomic E-state index is 11.3. The molecule has 0 aromatic rings. The van der Waals surface area contributed by atoms with E-state index in [1.54, 1.807) is 0 Å². The molecule has 0 saturated carbocycles. The molecular formula is C13H19NO. The first kappa shape index (κ1) is 10.6. The van der Waals surface area contributed by atoms with Crippen molar-refractivity contribution in [3.63, 3.8) is 0 Å². The fraction of sp³-hybridized carbons (Fsp3) is 0.615. The molecule has 82 valence electrons. The lowest BCUT2D eigenvalue weighted by molar-refractivity contribution is -0.118. The zero-order chi connectivity index (χ0) is 10.5. The molecule has 15 heavy (non-hydrogen) atoms. The van der Waals surface area contributed by atoms with Gasteiger partial charge >= 0.3 is 0 Å². The first-order valence-electron chi connectivity index (χ1n) is 5.94. The Balaban J connectivity index is 1.85. The number of hydrogen-bond donors (Lipinski definition) is 0. The number of carbonyl (C=O) groups is 1. The molecule has 0 radical (unpaired) electrons. The standard InChI is InChI=1S/C13H19NO/c15-13-7-4-9-14(10-8-13)11-12-5-2-1-3-6-12/h2,5-6H,1,3-4,7-11H2. The highest BCUT2D eigenvalue weighted by molar-refractivity contribution is 5.78. The molecule has 1 fully saturated rings. The summed E-state index contributed by atoms with van der Waals surface area (Å²) in [5, 5.41) is 0. The summed E-state index contributed by atoms with van der Waals surface area (Å²) >= 11 is 0. The van der Waals surface area contributed by atoms with Gasteiger partial charge in [0.2, 0.25) is 0 Å². The normalized spacial score (nSPS) is 23.7. The molecule has 1 saturated heterocycles. The minimum absolute atomic E-state index is 0.436. The Labute approximate surface area is 91.6 Å². The smallest absolute Gasteiger partial charge is 0.134 e. The lowest BCUT2D eigenvalue weighted by atomic mass is 10.1. The van der Waals surface area contributed by atoms with Crippen LogP contribution in [0.4, 0.5) is 0 Å². The summed E-state index contributed by atoms with van der Waals surface area (Å²) in [4.78, 5) is 13.7. The average Bonchev–Trinajstić information content (AvgIpc) is 2.46. The highest BCUT2D eigenvalue weighted by Gasteiger charge is 2.14. The Morgan fingerprint density at radius 3 is 2.93 bits per heavy atom. The molecule has 0 atom stereocenters. The molecule has 0 bridgehead atoms. The van der Waals surface area contributed by atoms with Crippen molar-refractivity contribution in [1.29, 1.82) is 0 Å². The van der Waals surface area contributed by atoms with E-state index in [2.05, 4.69) is 23.1 Å². The van der Waals surface area contributed by atoms with E-state index < -0.39 is 0 Å². The summed E-state index contributed by atoms with van der Waals surface area (Å²) in [7, 11) is 0. The summed E-state index contributed by atoms with van der Waals surface area (Å²) in [6.07, 6.45) is 11.7. The van der Waals surface area contributed by atoms with Gasteiger partial charge in [0.1, 0.15) is 5.78 Å². The molecule has 2 rings (SSSR count). The molecule has 1 aliphatic heterocycles. The molecule has 1 heterocycles. The predicted molar refractivity (Wildman–Crippen MR) is 61.8 cm³/mol. The summed E-state index contributed by atoms with van der Waals surface area (Å²) in [6.45, 7) is 3.06. The van der Waals surface area contributed by atoms with Gasteiger partial charge in [0.15, 0.2) is 0 Å². The van der Waals surface area contributed by atoms with Crippen molar-refractivity contribution in [2.75, 3.05) is 19.6 Å². The van der Waals surface area contributed by atoms with Crippen LogP contribution in [0.1, 0.15) is 32.1 Å². The third-order valence-corrected chi connectivity index (χ3v) is 3.11. The van der Waals surface area contributed by atoms with Crippen LogP contribution in [-0.4, -0.2) is 30.3 Å². The molecule has 0 amide bonds. The first-order chi connectivity index (χ1) is 7.34. The highest BCUT2D eigenvalue weighted by Crippen LogP contribution is 2.13. The number of rotatable bonds is 2. The van der Waals surface area contributed by atoms with Gasteiger partial charge < -0.3 is 0 Å². The summed E-state index contributed by atoms with van der Waals surface area (Å²) in [6, 6.07) is 0. The van der Waals surface area contributed by atoms with E-state index in [0.717, 1.165) is 38.9 Å². The number of ketones is 1. The third kappa shape index (κ3) is 3.31. The molecular weight excluding hydrogens is 186 g/mol. The molecule has 0 aromatic heterocycles. The summed E-state index contributed by atoms with van der Waals surface area (Å²) in [5.41, 5.74) is 1.43. The van der Waals surface area contributed by atoms with Crippen LogP contribution in [0.3, 0.4) is 0 Å². The molecule has 2 aliphatic rings. The second-order valence-corrected chi connectivity index (χ2v) is 4.43. The van der Waals surface area contributed by atoms with E-state index in [1.165, 1.54) is 18.4 Å². The van der Waals surface area contributed by atoms with Crippen molar-refractivity contribution in [3.8, 4) is 0 Å². The minimum Gasteiger partial charge on any atom is -0.300 e. The number of allylic oxidation sites excluding steroid dienone is 2. The van der Waals surface area contributed by atoms with Crippen molar-refractivity contribution >= 4 is 5.78 Å². The van der Waals surface area contributed by atoms with Gasteiger partial charge in [0, 0.05) is 25.9 Å². The number of carbonyl (C=O) groups excluding carboxylic acids is 1. The molecule has 1 aliphatic carbocycles. The van der Waals surface area contributed by atoms with E-state index in [4.69, 9.17) is 0 Å². The minimum atomic E-state index is 0.436. The van der Waals surface area contributed by atoms with Crippen molar-refractivity contribution in [3.05, 3.63) is 23.8 Å². The first-order valence-corrected chi connectivity index (χ1v) is 5.94. The van der Waals surface area contributed by atoms with Crippen LogP contribution in [0.15, 0.2) is 23.8 Å². The number of likely N-dealkylation sites (tertiary alicyclic amines) is 1. The lowest BCUT2D eigenvalue weighted by Gasteiger charge is -2.20. The van der Waals surface area contributed by atoms with Crippen LogP contribution in [0, 0.1) is 0 Å². The zero-order valence-corrected chi connectivity index (χ0v) is 9.24. The zero-order valence-electron chi connectivity index (χ0n) is 9.24. The molecule has 0 spiro atoms. The fourth-order valence-electron chi connectivity index (χ4n) is 2.22. The van der Waals surface area contributed by atoms with E-state index >= 15 is 0 Å². The van der Waals surface area contributed by atoms with Gasteiger partial charge in [0.05, 0.1) is 0 Å². The van der Waals surface area contributed by atoms with Crippen LogP contribution >= 0.6 is 0 Å². The third-order valence-electron chi connectivity index (χ3n) is 3.11. The van der Waals surface area contributed by atoms with Crippen LogP contribution in [0.5, 0.6) is 0 Å². The Morgan fingerprint density at radius 1 is 1.20 bits per heavy atom. The SMILES string of the molecule is O=C1CCCN(CC2=CCCC=C2)CC1. The fourth-order valence-corrected chi connectivity index (χ4v) is 2.22. The van der Waals surface area contributed by atoms with E-state index in [-0.39, 0.29) is 0 Å². The van der Waals surface area contributed by atoms with Crippen LogP contribution in [0.25, 0.3) is 0 Å². The Hall–Kier alpha value is -0.890. The lowest BCUT2D eigenvalue weighted by Crippen LogP contribution is -2.27. The van der Waals surface area contributed by atoms with Gasteiger partial charge in [-0.3, -0.25) is 9.69 Å². The molecule has 2 heteroatoms. The topological polar surface area (TPSA) is 20.3 Å². The largest absolute Gasteiger partial charge is 0.300 e. The Bertz CT molecular complexity index is 291. The molecule has 0 N–H and O–H groups in total. The van der Waals surface area contributed by atoms with Gasteiger partial charge in [-0.1, -0.05) is 18.2 Å². The van der Waals surface area contributed by atoms with Gasteiger partial charge in [0.25, 0.3) is 0 Å². The van der Waals surface area contributed by atoms with Crippen molar-refractivity contribution < 1.29 is 4.79 Å². The van der Waals surface area contributed by atoms with Crippen molar-refractivity contribution in [1.82, 2.24) is 4.90 Å². The maximum atomic E-state index is 11.3. The van der Waals surface area contributed by atoms with Crippen molar-refractivity contribution in [2.45, 2.75) is 32.1 Å². The quantitative estimate of drug-likeness (QED) is 0.689. The van der Waals surface area contributed by atoms with Gasteiger partial charge in [-0.2, -0.15) is 0 Å². The van der Waals surface area contributed by atoms with E-state index in [9.17, 15) is 4.79 Å². The van der Waals surface area contributed by atoms with Gasteiger partial charge in [-0.05, 0) is 31.4 Å².